The quantitative estimate of drug-likeness (QED) is 0.183. The first kappa shape index (κ1) is 27.2. The Hall–Kier alpha value is -5.86. The van der Waals surface area contributed by atoms with Gasteiger partial charge in [0.25, 0.3) is 0 Å². The largest absolute Gasteiger partial charge is 0.481 e. The zero-order valence-electron chi connectivity index (χ0n) is 21.2. The van der Waals surface area contributed by atoms with E-state index in [1.165, 1.54) is 0 Å². The molecule has 0 spiro atoms. The van der Waals surface area contributed by atoms with E-state index >= 15 is 0 Å². The minimum absolute atomic E-state index is 0.156. The maximum atomic E-state index is 11.3. The predicted molar refractivity (Wildman–Crippen MR) is 153 cm³/mol. The first-order valence-corrected chi connectivity index (χ1v) is 12.1. The van der Waals surface area contributed by atoms with E-state index < -0.39 is 11.9 Å². The van der Waals surface area contributed by atoms with Crippen molar-refractivity contribution >= 4 is 34.7 Å². The molecule has 0 saturated heterocycles. The summed E-state index contributed by atoms with van der Waals surface area (Å²) >= 11 is 0. The van der Waals surface area contributed by atoms with Crippen LogP contribution in [-0.2, 0) is 0 Å². The molecule has 0 radical (unpaired) electrons. The molecule has 8 heteroatoms. The van der Waals surface area contributed by atoms with Gasteiger partial charge in [0.05, 0.1) is 22.5 Å². The second-order valence-corrected chi connectivity index (χ2v) is 8.18. The number of ether oxygens (including phenoxy) is 2. The Balaban J connectivity index is 1.19. The van der Waals surface area contributed by atoms with Gasteiger partial charge in [-0.3, -0.25) is 0 Å². The topological polar surface area (TPSA) is 117 Å². The number of para-hydroxylation sites is 2. The molecule has 0 aliphatic rings. The van der Waals surface area contributed by atoms with Crippen LogP contribution in [-0.4, -0.2) is 35.4 Å². The molecule has 4 aromatic rings. The van der Waals surface area contributed by atoms with Crippen LogP contribution in [0.15, 0.2) is 97.1 Å². The van der Waals surface area contributed by atoms with Gasteiger partial charge in [-0.1, -0.05) is 24.3 Å². The highest BCUT2D eigenvalue weighted by Crippen LogP contribution is 2.24. The molecule has 4 rings (SSSR count). The zero-order valence-corrected chi connectivity index (χ0v) is 21.2. The van der Waals surface area contributed by atoms with E-state index in [1.54, 1.807) is 97.1 Å². The maximum absolute atomic E-state index is 11.3. The van der Waals surface area contributed by atoms with Gasteiger partial charge in [-0.05, 0) is 96.5 Å². The molecule has 0 unspecified atom stereocenters. The number of hydrogen-bond acceptors (Lipinski definition) is 6. The lowest BCUT2D eigenvalue weighted by atomic mass is 10.1. The summed E-state index contributed by atoms with van der Waals surface area (Å²) in [6.07, 6.45) is 0. The Morgan fingerprint density at radius 3 is 1.32 bits per heavy atom. The maximum Gasteiger partial charge on any atom is 0.337 e. The van der Waals surface area contributed by atoms with Gasteiger partial charge in [0.2, 0.25) is 0 Å². The normalized spacial score (nSPS) is 9.70. The second-order valence-electron chi connectivity index (χ2n) is 8.18. The fourth-order valence-electron chi connectivity index (χ4n) is 3.54. The number of hydrogen-bond donors (Lipinski definition) is 4. The van der Waals surface area contributed by atoms with Crippen LogP contribution in [0, 0.1) is 23.7 Å². The van der Waals surface area contributed by atoms with Crippen LogP contribution >= 0.6 is 0 Å². The standard InChI is InChI=1S/C32H24N2O6/c35-31(36)27-9-3-5-11-29(27)33-23-13-17-25(18-14-23)39-21-7-1-2-8-22-40-26-19-15-24(16-20-26)34-30-12-6-4-10-28(30)32(37)38/h3-6,9-20,33-34H,21-22H2,(H,35,36)(H,37,38). The Morgan fingerprint density at radius 1 is 0.575 bits per heavy atom. The zero-order chi connectivity index (χ0) is 28.2. The highest BCUT2D eigenvalue weighted by atomic mass is 16.5. The molecule has 4 aromatic carbocycles. The van der Waals surface area contributed by atoms with Crippen LogP contribution in [0.5, 0.6) is 11.5 Å². The number of aromatic carboxylic acids is 2. The van der Waals surface area contributed by atoms with Crippen LogP contribution in [0.25, 0.3) is 0 Å². The van der Waals surface area contributed by atoms with E-state index in [9.17, 15) is 19.8 Å². The van der Waals surface area contributed by atoms with Crippen molar-refractivity contribution < 1.29 is 29.3 Å². The average Bonchev–Trinajstić information content (AvgIpc) is 2.96. The van der Waals surface area contributed by atoms with Crippen LogP contribution < -0.4 is 20.1 Å². The van der Waals surface area contributed by atoms with E-state index in [-0.39, 0.29) is 24.3 Å². The monoisotopic (exact) mass is 532 g/mol. The van der Waals surface area contributed by atoms with Gasteiger partial charge >= 0.3 is 11.9 Å². The number of anilines is 4. The molecule has 40 heavy (non-hydrogen) atoms. The summed E-state index contributed by atoms with van der Waals surface area (Å²) in [5, 5.41) is 24.8. The Morgan fingerprint density at radius 2 is 0.950 bits per heavy atom. The Labute approximate surface area is 231 Å². The molecule has 198 valence electrons. The fraction of sp³-hybridized carbons (Fsp3) is 0.0625. The molecule has 0 fully saturated rings. The molecule has 0 aliphatic heterocycles. The minimum atomic E-state index is -0.999. The molecule has 0 amide bonds. The lowest BCUT2D eigenvalue weighted by Gasteiger charge is -2.10. The van der Waals surface area contributed by atoms with Crippen LogP contribution in [0.2, 0.25) is 0 Å². The number of nitrogens with one attached hydrogen (secondary N) is 2. The predicted octanol–water partition coefficient (Wildman–Crippen LogP) is 6.03. The number of rotatable bonds is 10. The number of carbonyl (C=O) groups is 2. The molecular formula is C32H24N2O6. The van der Waals surface area contributed by atoms with Crippen molar-refractivity contribution in [2.75, 3.05) is 23.8 Å². The van der Waals surface area contributed by atoms with Gasteiger partial charge in [-0.25, -0.2) is 9.59 Å². The first-order valence-electron chi connectivity index (χ1n) is 12.1. The van der Waals surface area contributed by atoms with Crippen molar-refractivity contribution in [2.24, 2.45) is 0 Å². The lowest BCUT2D eigenvalue weighted by molar-refractivity contribution is 0.0687. The SMILES string of the molecule is O=C(O)c1ccccc1Nc1ccc(OCC#CC#CCOc2ccc(Nc3ccccc3C(=O)O)cc2)cc1. The summed E-state index contributed by atoms with van der Waals surface area (Å²) in [6.45, 7) is 0.313. The van der Waals surface area contributed by atoms with Crippen LogP contribution in [0.1, 0.15) is 20.7 Å². The molecule has 0 saturated carbocycles. The van der Waals surface area contributed by atoms with Crippen LogP contribution in [0.4, 0.5) is 22.7 Å². The third-order valence-corrected chi connectivity index (χ3v) is 5.44. The molecule has 0 bridgehead atoms. The molecule has 8 nitrogen and oxygen atoms in total. The van der Waals surface area contributed by atoms with E-state index in [2.05, 4.69) is 34.3 Å². The van der Waals surface area contributed by atoms with Crippen molar-refractivity contribution in [3.05, 3.63) is 108 Å². The molecule has 4 N–H and O–H groups in total. The van der Waals surface area contributed by atoms with Crippen molar-refractivity contribution in [1.29, 1.82) is 0 Å². The molecule has 0 aromatic heterocycles. The number of carboxylic acids is 2. The van der Waals surface area contributed by atoms with Crippen molar-refractivity contribution in [3.8, 4) is 35.2 Å². The smallest absolute Gasteiger partial charge is 0.337 e. The fourth-order valence-corrected chi connectivity index (χ4v) is 3.54. The van der Waals surface area contributed by atoms with Crippen LogP contribution in [0.3, 0.4) is 0 Å². The summed E-state index contributed by atoms with van der Waals surface area (Å²) in [5.41, 5.74) is 2.85. The summed E-state index contributed by atoms with van der Waals surface area (Å²) in [6, 6.07) is 27.6. The van der Waals surface area contributed by atoms with E-state index in [0.29, 0.717) is 22.9 Å². The third kappa shape index (κ3) is 7.82. The van der Waals surface area contributed by atoms with Gasteiger partial charge in [-0.15, -0.1) is 0 Å². The van der Waals surface area contributed by atoms with E-state index in [4.69, 9.17) is 9.47 Å². The second kappa shape index (κ2) is 13.6. The van der Waals surface area contributed by atoms with Gasteiger partial charge in [0, 0.05) is 11.4 Å². The Bertz CT molecular complexity index is 1480. The molecule has 0 aliphatic carbocycles. The minimum Gasteiger partial charge on any atom is -0.481 e. The third-order valence-electron chi connectivity index (χ3n) is 5.44. The van der Waals surface area contributed by atoms with Gasteiger partial charge in [-0.2, -0.15) is 0 Å². The highest BCUT2D eigenvalue weighted by molar-refractivity contribution is 5.95. The lowest BCUT2D eigenvalue weighted by Crippen LogP contribution is -2.02. The van der Waals surface area contributed by atoms with E-state index in [1.807, 2.05) is 0 Å². The van der Waals surface area contributed by atoms with E-state index in [0.717, 1.165) is 11.4 Å². The summed E-state index contributed by atoms with van der Waals surface area (Å²) in [5.74, 6) is 10.3. The summed E-state index contributed by atoms with van der Waals surface area (Å²) < 4.78 is 11.2. The number of benzene rings is 4. The van der Waals surface area contributed by atoms with Crippen molar-refractivity contribution in [2.45, 2.75) is 0 Å². The summed E-state index contributed by atoms with van der Waals surface area (Å²) in [7, 11) is 0. The van der Waals surface area contributed by atoms with Gasteiger partial charge in [0.15, 0.2) is 0 Å². The first-order chi connectivity index (χ1) is 19.5. The Kier molecular flexibility index (Phi) is 9.25. The molecular weight excluding hydrogens is 508 g/mol. The molecule has 0 heterocycles. The van der Waals surface area contributed by atoms with Gasteiger partial charge < -0.3 is 30.3 Å². The molecule has 0 atom stereocenters. The summed E-state index contributed by atoms with van der Waals surface area (Å²) in [4.78, 5) is 22.7. The number of carboxylic acid groups (broad SMARTS) is 2. The van der Waals surface area contributed by atoms with Crippen molar-refractivity contribution in [3.63, 3.8) is 0 Å². The highest BCUT2D eigenvalue weighted by Gasteiger charge is 2.10. The average molecular weight is 533 g/mol. The van der Waals surface area contributed by atoms with Gasteiger partial charge in [0.1, 0.15) is 24.7 Å². The van der Waals surface area contributed by atoms with Crippen molar-refractivity contribution in [1.82, 2.24) is 0 Å².